The molecule has 2 amide bonds. The fourth-order valence-electron chi connectivity index (χ4n) is 2.32. The molecule has 0 spiro atoms. The average Bonchev–Trinajstić information content (AvgIpc) is 2.72. The van der Waals surface area contributed by atoms with Gasteiger partial charge in [0.2, 0.25) is 11.8 Å². The third-order valence-electron chi connectivity index (χ3n) is 3.45. The number of methoxy groups -OCH3 is 1. The first-order valence-corrected chi connectivity index (χ1v) is 8.52. The number of carbonyl (C=O) groups is 2. The monoisotopic (exact) mass is 324 g/mol. The van der Waals surface area contributed by atoms with Crippen LogP contribution in [0.15, 0.2) is 29.2 Å². The fourth-order valence-corrected chi connectivity index (χ4v) is 3.40. The van der Waals surface area contributed by atoms with E-state index < -0.39 is 22.7 Å². The summed E-state index contributed by atoms with van der Waals surface area (Å²) in [6.45, 7) is 0.637. The summed E-state index contributed by atoms with van der Waals surface area (Å²) in [5.41, 5.74) is 0. The number of carbonyl (C=O) groups excluding carboxylic acids is 2. The third-order valence-corrected chi connectivity index (χ3v) is 4.80. The molecule has 2 N–H and O–H groups in total. The predicted octanol–water partition coefficient (Wildman–Crippen LogP) is 0.588. The van der Waals surface area contributed by atoms with E-state index in [1.807, 2.05) is 0 Å². The Morgan fingerprint density at radius 3 is 2.95 bits per heavy atom. The molecule has 7 heteroatoms. The lowest BCUT2D eigenvalue weighted by molar-refractivity contribution is -0.127. The highest BCUT2D eigenvalue weighted by molar-refractivity contribution is 7.85. The van der Waals surface area contributed by atoms with Crippen LogP contribution in [0.25, 0.3) is 0 Å². The summed E-state index contributed by atoms with van der Waals surface area (Å²) in [5.74, 6) is -0.273. The summed E-state index contributed by atoms with van der Waals surface area (Å²) < 4.78 is 17.4. The Hall–Kier alpha value is -1.89. The average molecular weight is 324 g/mol. The van der Waals surface area contributed by atoms with Crippen LogP contribution in [0.1, 0.15) is 19.3 Å². The summed E-state index contributed by atoms with van der Waals surface area (Å²) in [5, 5.41) is 5.42. The van der Waals surface area contributed by atoms with Crippen LogP contribution >= 0.6 is 0 Å². The highest BCUT2D eigenvalue weighted by Crippen LogP contribution is 2.21. The molecule has 6 nitrogen and oxygen atoms in total. The molecular weight excluding hydrogens is 304 g/mol. The summed E-state index contributed by atoms with van der Waals surface area (Å²) in [6, 6.07) is 6.34. The SMILES string of the molecule is COc1ccccc1S(=O)CC(=O)NC1CCCCNC1=O. The zero-order valence-electron chi connectivity index (χ0n) is 12.5. The molecule has 1 fully saturated rings. The Kier molecular flexibility index (Phi) is 5.94. The molecule has 1 aliphatic rings. The number of benzene rings is 1. The fraction of sp³-hybridized carbons (Fsp3) is 0.467. The molecule has 0 bridgehead atoms. The van der Waals surface area contributed by atoms with Gasteiger partial charge in [-0.25, -0.2) is 0 Å². The summed E-state index contributed by atoms with van der Waals surface area (Å²) >= 11 is 0. The van der Waals surface area contributed by atoms with E-state index in [1.54, 1.807) is 24.3 Å². The Balaban J connectivity index is 1.96. The van der Waals surface area contributed by atoms with Crippen LogP contribution in [0.5, 0.6) is 5.75 Å². The van der Waals surface area contributed by atoms with E-state index in [2.05, 4.69) is 10.6 Å². The molecule has 120 valence electrons. The van der Waals surface area contributed by atoms with E-state index in [4.69, 9.17) is 4.74 Å². The van der Waals surface area contributed by atoms with Gasteiger partial charge >= 0.3 is 0 Å². The molecule has 1 aromatic rings. The largest absolute Gasteiger partial charge is 0.495 e. The number of hydrogen-bond donors (Lipinski definition) is 2. The van der Waals surface area contributed by atoms with Crippen molar-refractivity contribution in [3.05, 3.63) is 24.3 Å². The second-order valence-electron chi connectivity index (χ2n) is 5.05. The lowest BCUT2D eigenvalue weighted by Gasteiger charge is -2.15. The molecule has 1 heterocycles. The first kappa shape index (κ1) is 16.5. The van der Waals surface area contributed by atoms with Crippen LogP contribution < -0.4 is 15.4 Å². The van der Waals surface area contributed by atoms with Gasteiger partial charge in [0.05, 0.1) is 22.8 Å². The van der Waals surface area contributed by atoms with Gasteiger partial charge in [0.25, 0.3) is 0 Å². The van der Waals surface area contributed by atoms with Crippen LogP contribution in [-0.2, 0) is 20.4 Å². The van der Waals surface area contributed by atoms with E-state index in [9.17, 15) is 13.8 Å². The van der Waals surface area contributed by atoms with Crippen LogP contribution in [0, 0.1) is 0 Å². The van der Waals surface area contributed by atoms with Crippen molar-refractivity contribution in [3.63, 3.8) is 0 Å². The van der Waals surface area contributed by atoms with Crippen LogP contribution in [-0.4, -0.2) is 41.5 Å². The zero-order chi connectivity index (χ0) is 15.9. The van der Waals surface area contributed by atoms with Crippen molar-refractivity contribution in [2.24, 2.45) is 0 Å². The van der Waals surface area contributed by atoms with Gasteiger partial charge in [-0.15, -0.1) is 0 Å². The molecule has 2 unspecified atom stereocenters. The molecule has 0 aromatic heterocycles. The minimum Gasteiger partial charge on any atom is -0.495 e. The van der Waals surface area contributed by atoms with Crippen molar-refractivity contribution < 1.29 is 18.5 Å². The Labute approximate surface area is 132 Å². The molecule has 0 radical (unpaired) electrons. The molecule has 1 aromatic carbocycles. The van der Waals surface area contributed by atoms with Crippen LogP contribution in [0.3, 0.4) is 0 Å². The number of para-hydroxylation sites is 1. The summed E-state index contributed by atoms with van der Waals surface area (Å²) in [4.78, 5) is 24.3. The topological polar surface area (TPSA) is 84.5 Å². The maximum Gasteiger partial charge on any atom is 0.242 e. The van der Waals surface area contributed by atoms with Gasteiger partial charge < -0.3 is 15.4 Å². The number of rotatable bonds is 5. The number of nitrogens with one attached hydrogen (secondary N) is 2. The lowest BCUT2D eigenvalue weighted by Crippen LogP contribution is -2.46. The van der Waals surface area contributed by atoms with E-state index in [0.717, 1.165) is 12.8 Å². The van der Waals surface area contributed by atoms with Gasteiger partial charge in [0, 0.05) is 6.54 Å². The van der Waals surface area contributed by atoms with Crippen LogP contribution in [0.2, 0.25) is 0 Å². The van der Waals surface area contributed by atoms with Gasteiger partial charge in [0.15, 0.2) is 0 Å². The van der Waals surface area contributed by atoms with Crippen molar-refractivity contribution >= 4 is 22.6 Å². The molecule has 1 aliphatic heterocycles. The number of hydrogen-bond acceptors (Lipinski definition) is 4. The maximum atomic E-state index is 12.3. The van der Waals surface area contributed by atoms with Gasteiger partial charge in [0.1, 0.15) is 17.5 Å². The van der Waals surface area contributed by atoms with Crippen molar-refractivity contribution in [2.75, 3.05) is 19.4 Å². The standard InChI is InChI=1S/C15H20N2O4S/c1-21-12-7-2-3-8-13(12)22(20)10-14(18)17-11-6-4-5-9-16-15(11)19/h2-3,7-8,11H,4-6,9-10H2,1H3,(H,16,19)(H,17,18). The van der Waals surface area contributed by atoms with Gasteiger partial charge in [-0.3, -0.25) is 13.8 Å². The minimum atomic E-state index is -1.51. The normalized spacial score (nSPS) is 19.7. The quantitative estimate of drug-likeness (QED) is 0.830. The molecule has 2 rings (SSSR count). The first-order chi connectivity index (χ1) is 10.6. The molecule has 0 aliphatic carbocycles. The molecule has 22 heavy (non-hydrogen) atoms. The summed E-state index contributed by atoms with van der Waals surface area (Å²) in [7, 11) is -0.0216. The van der Waals surface area contributed by atoms with Crippen LogP contribution in [0.4, 0.5) is 0 Å². The highest BCUT2D eigenvalue weighted by Gasteiger charge is 2.23. The van der Waals surface area contributed by atoms with Crippen molar-refractivity contribution in [2.45, 2.75) is 30.2 Å². The predicted molar refractivity (Wildman–Crippen MR) is 83.1 cm³/mol. The second-order valence-corrected chi connectivity index (χ2v) is 6.47. The lowest BCUT2D eigenvalue weighted by atomic mass is 10.1. The van der Waals surface area contributed by atoms with E-state index >= 15 is 0 Å². The number of ether oxygens (including phenoxy) is 1. The van der Waals surface area contributed by atoms with Crippen molar-refractivity contribution in [1.29, 1.82) is 0 Å². The second kappa shape index (κ2) is 7.93. The van der Waals surface area contributed by atoms with E-state index in [1.165, 1.54) is 7.11 Å². The van der Waals surface area contributed by atoms with Gasteiger partial charge in [-0.05, 0) is 31.4 Å². The third kappa shape index (κ3) is 4.30. The Morgan fingerprint density at radius 2 is 2.18 bits per heavy atom. The zero-order valence-corrected chi connectivity index (χ0v) is 13.3. The van der Waals surface area contributed by atoms with Crippen molar-refractivity contribution in [3.8, 4) is 5.75 Å². The minimum absolute atomic E-state index is 0.172. The molecule has 1 saturated heterocycles. The maximum absolute atomic E-state index is 12.3. The molecule has 0 saturated carbocycles. The van der Waals surface area contributed by atoms with Gasteiger partial charge in [-0.2, -0.15) is 0 Å². The van der Waals surface area contributed by atoms with Crippen molar-refractivity contribution in [1.82, 2.24) is 10.6 Å². The summed E-state index contributed by atoms with van der Waals surface area (Å²) in [6.07, 6.45) is 2.39. The van der Waals surface area contributed by atoms with Gasteiger partial charge in [-0.1, -0.05) is 12.1 Å². The molecular formula is C15H20N2O4S. The Bertz CT molecular complexity index is 576. The van der Waals surface area contributed by atoms with E-state index in [0.29, 0.717) is 23.6 Å². The number of amides is 2. The smallest absolute Gasteiger partial charge is 0.242 e. The first-order valence-electron chi connectivity index (χ1n) is 7.20. The Morgan fingerprint density at radius 1 is 1.41 bits per heavy atom. The molecule has 2 atom stereocenters. The van der Waals surface area contributed by atoms with E-state index in [-0.39, 0.29) is 11.7 Å². The highest BCUT2D eigenvalue weighted by atomic mass is 32.2.